The van der Waals surface area contributed by atoms with Crippen molar-refractivity contribution in [3.63, 3.8) is 0 Å². The van der Waals surface area contributed by atoms with Crippen molar-refractivity contribution in [1.29, 1.82) is 0 Å². The zero-order valence-electron chi connectivity index (χ0n) is 17.2. The van der Waals surface area contributed by atoms with Gasteiger partial charge in [0.1, 0.15) is 5.82 Å². The van der Waals surface area contributed by atoms with E-state index in [1.54, 1.807) is 35.2 Å². The van der Waals surface area contributed by atoms with Crippen LogP contribution in [0.4, 0.5) is 9.52 Å². The van der Waals surface area contributed by atoms with E-state index in [9.17, 15) is 9.18 Å². The molecule has 0 unspecified atom stereocenters. The molecule has 3 aromatic rings. The maximum absolute atomic E-state index is 13.1. The van der Waals surface area contributed by atoms with Crippen LogP contribution in [0.25, 0.3) is 10.2 Å². The number of carbonyl (C=O) groups is 1. The summed E-state index contributed by atoms with van der Waals surface area (Å²) in [7, 11) is 0. The van der Waals surface area contributed by atoms with E-state index in [4.69, 9.17) is 4.98 Å². The first-order chi connectivity index (χ1) is 14.1. The lowest BCUT2D eigenvalue weighted by Gasteiger charge is -2.24. The molecule has 0 saturated carbocycles. The van der Waals surface area contributed by atoms with E-state index < -0.39 is 0 Å². The Hall–Kier alpha value is -1.67. The Balaban J connectivity index is 0.00000320. The van der Waals surface area contributed by atoms with Crippen LogP contribution in [0.1, 0.15) is 20.3 Å². The minimum Gasteiger partial charge on any atom is -0.302 e. The Morgan fingerprint density at radius 3 is 2.43 bits per heavy atom. The van der Waals surface area contributed by atoms with Gasteiger partial charge in [-0.1, -0.05) is 37.3 Å². The highest BCUT2D eigenvalue weighted by Crippen LogP contribution is 2.29. The van der Waals surface area contributed by atoms with Crippen LogP contribution in [0, 0.1) is 5.82 Å². The largest absolute Gasteiger partial charge is 0.302 e. The van der Waals surface area contributed by atoms with Crippen molar-refractivity contribution in [2.24, 2.45) is 0 Å². The van der Waals surface area contributed by atoms with Crippen LogP contribution < -0.4 is 4.90 Å². The minimum absolute atomic E-state index is 0. The van der Waals surface area contributed by atoms with Gasteiger partial charge in [0.25, 0.3) is 0 Å². The van der Waals surface area contributed by atoms with Gasteiger partial charge in [0, 0.05) is 30.2 Å². The number of para-hydroxylation sites is 1. The maximum Gasteiger partial charge on any atom is 0.229 e. The van der Waals surface area contributed by atoms with E-state index in [-0.39, 0.29) is 24.1 Å². The third-order valence-corrected chi connectivity index (χ3v) is 6.82. The van der Waals surface area contributed by atoms with Gasteiger partial charge >= 0.3 is 0 Å². The molecule has 3 rings (SSSR count). The lowest BCUT2D eigenvalue weighted by atomic mass is 10.3. The number of hydrogen-bond acceptors (Lipinski definition) is 5. The zero-order valence-corrected chi connectivity index (χ0v) is 19.7. The molecule has 1 aromatic heterocycles. The molecule has 4 nitrogen and oxygen atoms in total. The first kappa shape index (κ1) is 24.6. The summed E-state index contributed by atoms with van der Waals surface area (Å²) in [5, 5.41) is 0.759. The molecule has 0 radical (unpaired) electrons. The molecule has 0 aliphatic heterocycles. The van der Waals surface area contributed by atoms with Gasteiger partial charge in [0.2, 0.25) is 5.91 Å². The van der Waals surface area contributed by atoms with Crippen LogP contribution in [-0.4, -0.2) is 47.7 Å². The van der Waals surface area contributed by atoms with E-state index in [1.807, 2.05) is 29.2 Å². The summed E-state index contributed by atoms with van der Waals surface area (Å²) in [5.41, 5.74) is 0.925. The molecule has 0 spiro atoms. The number of halogens is 2. The van der Waals surface area contributed by atoms with Crippen LogP contribution in [0.2, 0.25) is 0 Å². The van der Waals surface area contributed by atoms with Crippen molar-refractivity contribution in [3.8, 4) is 0 Å². The van der Waals surface area contributed by atoms with Crippen LogP contribution in [0.15, 0.2) is 53.4 Å². The van der Waals surface area contributed by atoms with Gasteiger partial charge in [-0.15, -0.1) is 24.2 Å². The Morgan fingerprint density at radius 2 is 1.77 bits per heavy atom. The van der Waals surface area contributed by atoms with Gasteiger partial charge in [-0.2, -0.15) is 0 Å². The number of thiazole rings is 1. The summed E-state index contributed by atoms with van der Waals surface area (Å²) in [5.74, 6) is 0.478. The first-order valence-electron chi connectivity index (χ1n) is 9.87. The topological polar surface area (TPSA) is 36.4 Å². The Bertz CT molecular complexity index is 899. The van der Waals surface area contributed by atoms with Gasteiger partial charge in [0.15, 0.2) is 5.13 Å². The summed E-state index contributed by atoms with van der Waals surface area (Å²) in [6.45, 7) is 7.62. The molecule has 0 aliphatic carbocycles. The molecule has 0 saturated heterocycles. The van der Waals surface area contributed by atoms with E-state index >= 15 is 0 Å². The molecule has 162 valence electrons. The number of benzene rings is 2. The Kier molecular flexibility index (Phi) is 10.0. The molecule has 30 heavy (non-hydrogen) atoms. The number of carbonyl (C=O) groups excluding carboxylic acids is 1. The number of likely N-dealkylation sites (N-methyl/N-ethyl adjacent to an activating group) is 1. The predicted molar refractivity (Wildman–Crippen MR) is 129 cm³/mol. The third kappa shape index (κ3) is 6.67. The van der Waals surface area contributed by atoms with Gasteiger partial charge < -0.3 is 4.90 Å². The number of aromatic nitrogens is 1. The van der Waals surface area contributed by atoms with Gasteiger partial charge in [0.05, 0.1) is 10.2 Å². The summed E-state index contributed by atoms with van der Waals surface area (Å²) in [6.07, 6.45) is 0.413. The van der Waals surface area contributed by atoms with Gasteiger partial charge in [-0.3, -0.25) is 9.69 Å². The lowest BCUT2D eigenvalue weighted by Crippen LogP contribution is -2.39. The van der Waals surface area contributed by atoms with Crippen LogP contribution >= 0.6 is 35.5 Å². The van der Waals surface area contributed by atoms with Crippen molar-refractivity contribution in [1.82, 2.24) is 9.88 Å². The average molecular weight is 468 g/mol. The highest BCUT2D eigenvalue weighted by atomic mass is 35.5. The molecular formula is C22H27ClFN3OS2. The zero-order chi connectivity index (χ0) is 20.6. The molecule has 2 aromatic carbocycles. The molecule has 0 aliphatic rings. The van der Waals surface area contributed by atoms with Gasteiger partial charge in [-0.05, 0) is 49.5 Å². The Morgan fingerprint density at radius 1 is 1.07 bits per heavy atom. The second-order valence-electron chi connectivity index (χ2n) is 6.59. The summed E-state index contributed by atoms with van der Waals surface area (Å²) in [4.78, 5) is 22.9. The van der Waals surface area contributed by atoms with E-state index in [2.05, 4.69) is 18.7 Å². The van der Waals surface area contributed by atoms with Crippen LogP contribution in [0.5, 0.6) is 0 Å². The molecule has 1 heterocycles. The monoisotopic (exact) mass is 467 g/mol. The number of hydrogen-bond donors (Lipinski definition) is 0. The maximum atomic E-state index is 13.1. The second kappa shape index (κ2) is 12.2. The molecule has 0 N–H and O–H groups in total. The van der Waals surface area contributed by atoms with Crippen molar-refractivity contribution >= 4 is 56.8 Å². The molecular weight excluding hydrogens is 441 g/mol. The SMILES string of the molecule is CCN(CC)CCN(C(=O)CCSc1ccc(F)cc1)c1nc2ccccc2s1.Cl. The van der Waals surface area contributed by atoms with Crippen LogP contribution in [0.3, 0.4) is 0 Å². The number of rotatable bonds is 10. The van der Waals surface area contributed by atoms with Crippen LogP contribution in [-0.2, 0) is 4.79 Å². The van der Waals surface area contributed by atoms with Crippen molar-refractivity contribution < 1.29 is 9.18 Å². The summed E-state index contributed by atoms with van der Waals surface area (Å²) >= 11 is 3.13. The average Bonchev–Trinajstić information content (AvgIpc) is 3.16. The molecule has 8 heteroatoms. The number of nitrogens with zero attached hydrogens (tertiary/aromatic N) is 3. The third-order valence-electron chi connectivity index (χ3n) is 4.75. The van der Waals surface area contributed by atoms with E-state index in [1.165, 1.54) is 12.1 Å². The van der Waals surface area contributed by atoms with E-state index in [0.29, 0.717) is 18.7 Å². The minimum atomic E-state index is -0.246. The summed E-state index contributed by atoms with van der Waals surface area (Å²) < 4.78 is 14.1. The fourth-order valence-electron chi connectivity index (χ4n) is 3.01. The normalized spacial score (nSPS) is 10.9. The Labute approximate surface area is 191 Å². The lowest BCUT2D eigenvalue weighted by molar-refractivity contribution is -0.118. The fourth-order valence-corrected chi connectivity index (χ4v) is 4.86. The highest BCUT2D eigenvalue weighted by molar-refractivity contribution is 7.99. The number of amides is 1. The summed E-state index contributed by atoms with van der Waals surface area (Å²) in [6, 6.07) is 14.4. The molecule has 1 amide bonds. The molecule has 0 atom stereocenters. The smallest absolute Gasteiger partial charge is 0.229 e. The number of fused-ring (bicyclic) bond motifs is 1. The molecule has 0 fully saturated rings. The highest BCUT2D eigenvalue weighted by Gasteiger charge is 2.20. The van der Waals surface area contributed by atoms with Crippen molar-refractivity contribution in [3.05, 3.63) is 54.3 Å². The second-order valence-corrected chi connectivity index (χ2v) is 8.77. The standard InChI is InChI=1S/C22H26FN3OS2.ClH/c1-3-25(4-2)14-15-26(22-24-19-7-5-6-8-20(19)29-22)21(27)13-16-28-18-11-9-17(23)10-12-18;/h5-12H,3-4,13-16H2,1-2H3;1H. The quantitative estimate of drug-likeness (QED) is 0.357. The van der Waals surface area contributed by atoms with Crippen molar-refractivity contribution in [2.75, 3.05) is 36.8 Å². The first-order valence-corrected chi connectivity index (χ1v) is 11.7. The van der Waals surface area contributed by atoms with E-state index in [0.717, 1.165) is 39.9 Å². The van der Waals surface area contributed by atoms with Crippen molar-refractivity contribution in [2.45, 2.75) is 25.2 Å². The number of anilines is 1. The fraction of sp³-hybridized carbons (Fsp3) is 0.364. The predicted octanol–water partition coefficient (Wildman–Crippen LogP) is 5.71. The molecule has 0 bridgehead atoms. The number of thioether (sulfide) groups is 1. The van der Waals surface area contributed by atoms with Gasteiger partial charge in [-0.25, -0.2) is 9.37 Å².